The molecule has 3 saturated carbocycles. The van der Waals surface area contributed by atoms with Gasteiger partial charge in [-0.15, -0.1) is 0 Å². The number of piperidine rings is 2. The Balaban J connectivity index is 1.22. The fraction of sp³-hybridized carbons (Fsp3) is 0.759. The van der Waals surface area contributed by atoms with Crippen molar-refractivity contribution in [1.82, 2.24) is 15.1 Å². The van der Waals surface area contributed by atoms with E-state index in [2.05, 4.69) is 27.2 Å². The van der Waals surface area contributed by atoms with E-state index in [4.69, 9.17) is 0 Å². The number of hydrogen-bond donors (Lipinski definition) is 2. The molecule has 5 unspecified atom stereocenters. The maximum atomic E-state index is 13.7. The van der Waals surface area contributed by atoms with Gasteiger partial charge in [0, 0.05) is 30.6 Å². The standard InChI is InChI=1S/C29H39N3O2/c33-21-7-6-19-13-25-28-9-8-24-26(20(15-28)17-32(24)27(34)23-3-1-2-11-30-23)29(28,22(19)14-21)10-12-31(25)16-18-4-5-18/h6-7,14,18,20,23-26,30,33H,1-5,8-13,15-17H2/t20-,23-,24?,25?,26?,28?,29?/m1/s1. The van der Waals surface area contributed by atoms with Gasteiger partial charge in [-0.05, 0) is 117 Å². The highest BCUT2D eigenvalue weighted by Gasteiger charge is 2.76. The Kier molecular flexibility index (Phi) is 4.24. The summed E-state index contributed by atoms with van der Waals surface area (Å²) >= 11 is 0. The van der Waals surface area contributed by atoms with Crippen LogP contribution in [0.5, 0.6) is 5.75 Å². The van der Waals surface area contributed by atoms with Crippen molar-refractivity contribution in [2.45, 2.75) is 87.7 Å². The first-order valence-corrected chi connectivity index (χ1v) is 14.2. The number of hydrogen-bond acceptors (Lipinski definition) is 4. The zero-order valence-corrected chi connectivity index (χ0v) is 20.3. The van der Waals surface area contributed by atoms with Gasteiger partial charge in [0.2, 0.25) is 5.91 Å². The van der Waals surface area contributed by atoms with Crippen molar-refractivity contribution in [3.8, 4) is 5.75 Å². The van der Waals surface area contributed by atoms with Crippen LogP contribution in [-0.2, 0) is 16.6 Å². The first kappa shape index (κ1) is 20.6. The molecule has 1 aromatic rings. The Bertz CT molecular complexity index is 1030. The third-order valence-electron chi connectivity index (χ3n) is 11.7. The molecule has 8 rings (SSSR count). The highest BCUT2D eigenvalue weighted by Crippen LogP contribution is 2.75. The highest BCUT2D eigenvalue weighted by atomic mass is 16.3. The van der Waals surface area contributed by atoms with Gasteiger partial charge < -0.3 is 15.3 Å². The van der Waals surface area contributed by atoms with Gasteiger partial charge in [-0.1, -0.05) is 12.5 Å². The van der Waals surface area contributed by atoms with Gasteiger partial charge in [-0.25, -0.2) is 0 Å². The largest absolute Gasteiger partial charge is 0.508 e. The van der Waals surface area contributed by atoms with Crippen molar-refractivity contribution in [1.29, 1.82) is 0 Å². The second kappa shape index (κ2) is 7.00. The molecule has 3 heterocycles. The minimum Gasteiger partial charge on any atom is -0.508 e. The topological polar surface area (TPSA) is 55.8 Å². The molecule has 0 radical (unpaired) electrons. The van der Waals surface area contributed by atoms with Crippen LogP contribution in [0.2, 0.25) is 0 Å². The molecule has 4 aliphatic carbocycles. The number of phenolic OH excluding ortho intramolecular Hbond substituents is 1. The van der Waals surface area contributed by atoms with Crippen molar-refractivity contribution in [2.24, 2.45) is 23.2 Å². The van der Waals surface area contributed by atoms with Crippen molar-refractivity contribution in [2.75, 3.05) is 26.2 Å². The van der Waals surface area contributed by atoms with Gasteiger partial charge in [-0.3, -0.25) is 9.69 Å². The molecule has 182 valence electrons. The van der Waals surface area contributed by atoms with E-state index in [0.29, 0.717) is 41.0 Å². The molecule has 1 aromatic carbocycles. The average molecular weight is 462 g/mol. The number of carbonyl (C=O) groups excluding carboxylic acids is 1. The van der Waals surface area contributed by atoms with Gasteiger partial charge in [0.05, 0.1) is 6.04 Å². The number of likely N-dealkylation sites (tertiary alicyclic amines) is 2. The quantitative estimate of drug-likeness (QED) is 0.724. The summed E-state index contributed by atoms with van der Waals surface area (Å²) in [6.45, 7) is 4.46. The lowest BCUT2D eigenvalue weighted by molar-refractivity contribution is -0.142. The predicted octanol–water partition coefficient (Wildman–Crippen LogP) is 3.44. The molecule has 6 fully saturated rings. The lowest BCUT2D eigenvalue weighted by Gasteiger charge is -2.66. The smallest absolute Gasteiger partial charge is 0.239 e. The maximum Gasteiger partial charge on any atom is 0.239 e. The molecule has 34 heavy (non-hydrogen) atoms. The molecule has 5 heteroatoms. The Morgan fingerprint density at radius 2 is 2.06 bits per heavy atom. The van der Waals surface area contributed by atoms with E-state index < -0.39 is 0 Å². The molecule has 2 N–H and O–H groups in total. The summed E-state index contributed by atoms with van der Waals surface area (Å²) in [4.78, 5) is 19.0. The molecule has 7 aliphatic rings. The van der Waals surface area contributed by atoms with Crippen LogP contribution in [0.4, 0.5) is 0 Å². The molecule has 3 saturated heterocycles. The molecule has 7 atom stereocenters. The van der Waals surface area contributed by atoms with Crippen LogP contribution >= 0.6 is 0 Å². The number of nitrogens with zero attached hydrogens (tertiary/aromatic N) is 2. The SMILES string of the molecule is O=C([C@H]1CCCCN1)N1C[C@H]2CC34CCC1C2C31CCN(CC2CC2)C4Cc2ccc(O)cc21. The van der Waals surface area contributed by atoms with Crippen molar-refractivity contribution < 1.29 is 9.90 Å². The van der Waals surface area contributed by atoms with Crippen LogP contribution in [-0.4, -0.2) is 65.1 Å². The van der Waals surface area contributed by atoms with Gasteiger partial charge in [-0.2, -0.15) is 0 Å². The van der Waals surface area contributed by atoms with E-state index >= 15 is 0 Å². The normalized spacial score (nSPS) is 44.6. The molecule has 5 nitrogen and oxygen atoms in total. The molecule has 1 amide bonds. The highest BCUT2D eigenvalue weighted by molar-refractivity contribution is 5.83. The van der Waals surface area contributed by atoms with E-state index in [9.17, 15) is 9.90 Å². The van der Waals surface area contributed by atoms with E-state index in [1.165, 1.54) is 75.6 Å². The van der Waals surface area contributed by atoms with Gasteiger partial charge in [0.1, 0.15) is 5.75 Å². The first-order chi connectivity index (χ1) is 16.6. The van der Waals surface area contributed by atoms with Gasteiger partial charge in [0.15, 0.2) is 0 Å². The van der Waals surface area contributed by atoms with Crippen LogP contribution < -0.4 is 5.32 Å². The summed E-state index contributed by atoms with van der Waals surface area (Å²) in [6, 6.07) is 7.37. The summed E-state index contributed by atoms with van der Waals surface area (Å²) in [5.41, 5.74) is 3.44. The number of aromatic hydroxyl groups is 1. The summed E-state index contributed by atoms with van der Waals surface area (Å²) in [5.74, 6) is 2.94. The molecule has 0 aromatic heterocycles. The number of amides is 1. The Labute approximate surface area is 203 Å². The van der Waals surface area contributed by atoms with Gasteiger partial charge >= 0.3 is 0 Å². The third kappa shape index (κ3) is 2.51. The summed E-state index contributed by atoms with van der Waals surface area (Å²) < 4.78 is 0. The fourth-order valence-electron chi connectivity index (χ4n) is 10.5. The minimum atomic E-state index is 0.0348. The lowest BCUT2D eigenvalue weighted by atomic mass is 9.43. The zero-order valence-electron chi connectivity index (χ0n) is 20.3. The number of benzene rings is 1. The summed E-state index contributed by atoms with van der Waals surface area (Å²) in [7, 11) is 0. The Morgan fingerprint density at radius 3 is 2.88 bits per heavy atom. The molecule has 0 spiro atoms. The molecule has 4 bridgehead atoms. The number of carbonyl (C=O) groups is 1. The summed E-state index contributed by atoms with van der Waals surface area (Å²) in [5, 5.41) is 14.2. The number of phenols is 1. The fourth-order valence-corrected chi connectivity index (χ4v) is 10.5. The van der Waals surface area contributed by atoms with Crippen LogP contribution in [0.1, 0.15) is 68.9 Å². The Morgan fingerprint density at radius 1 is 1.15 bits per heavy atom. The van der Waals surface area contributed by atoms with E-state index in [1.54, 1.807) is 0 Å². The number of fused-ring (bicyclic) bond motifs is 1. The molecular weight excluding hydrogens is 422 g/mol. The molecular formula is C29H39N3O2. The van der Waals surface area contributed by atoms with Crippen LogP contribution in [0.25, 0.3) is 0 Å². The van der Waals surface area contributed by atoms with Crippen molar-refractivity contribution in [3.05, 3.63) is 29.3 Å². The second-order valence-corrected chi connectivity index (χ2v) is 13.0. The number of rotatable bonds is 3. The van der Waals surface area contributed by atoms with E-state index in [0.717, 1.165) is 31.8 Å². The summed E-state index contributed by atoms with van der Waals surface area (Å²) in [6.07, 6.45) is 12.3. The zero-order chi connectivity index (χ0) is 22.7. The van der Waals surface area contributed by atoms with Crippen LogP contribution in [0.3, 0.4) is 0 Å². The van der Waals surface area contributed by atoms with E-state index in [1.807, 2.05) is 6.07 Å². The predicted molar refractivity (Wildman–Crippen MR) is 131 cm³/mol. The number of nitrogens with one attached hydrogen (secondary N) is 1. The van der Waals surface area contributed by atoms with Crippen molar-refractivity contribution in [3.63, 3.8) is 0 Å². The van der Waals surface area contributed by atoms with Crippen LogP contribution in [0, 0.1) is 23.2 Å². The lowest BCUT2D eigenvalue weighted by Crippen LogP contribution is -2.70. The monoisotopic (exact) mass is 461 g/mol. The van der Waals surface area contributed by atoms with E-state index in [-0.39, 0.29) is 11.5 Å². The Hall–Kier alpha value is -1.59. The second-order valence-electron chi connectivity index (χ2n) is 13.0. The van der Waals surface area contributed by atoms with Crippen molar-refractivity contribution >= 4 is 5.91 Å². The van der Waals surface area contributed by atoms with Gasteiger partial charge in [0.25, 0.3) is 0 Å². The average Bonchev–Trinajstić information content (AvgIpc) is 3.55. The first-order valence-electron chi connectivity index (χ1n) is 14.2. The maximum absolute atomic E-state index is 13.7. The molecule has 3 aliphatic heterocycles. The van der Waals surface area contributed by atoms with Crippen LogP contribution in [0.15, 0.2) is 18.2 Å². The third-order valence-corrected chi connectivity index (χ3v) is 11.7. The minimum absolute atomic E-state index is 0.0348.